The summed E-state index contributed by atoms with van der Waals surface area (Å²) in [5.74, 6) is -2.95. The number of nitrogens with zero attached hydrogens (tertiary/aromatic N) is 1. The Balaban J connectivity index is 2.32. The number of benzene rings is 1. The molecule has 0 aromatic heterocycles. The molecule has 122 valence electrons. The van der Waals surface area contributed by atoms with Crippen LogP contribution in [0.25, 0.3) is 0 Å². The molecule has 1 atom stereocenters. The van der Waals surface area contributed by atoms with E-state index < -0.39 is 36.7 Å². The molecule has 1 aliphatic rings. The topological polar surface area (TPSA) is 148 Å². The summed E-state index contributed by atoms with van der Waals surface area (Å²) < 4.78 is 14.1. The Morgan fingerprint density at radius 2 is 1.70 bits per heavy atom. The van der Waals surface area contributed by atoms with E-state index in [0.717, 1.165) is 12.2 Å². The van der Waals surface area contributed by atoms with Crippen molar-refractivity contribution in [3.63, 3.8) is 0 Å². The quantitative estimate of drug-likeness (QED) is 0.523. The molecule has 1 aromatic carbocycles. The minimum Gasteiger partial charge on any atom is -0.511 e. The lowest BCUT2D eigenvalue weighted by Gasteiger charge is -2.19. The summed E-state index contributed by atoms with van der Waals surface area (Å²) in [6.45, 7) is 0. The fourth-order valence-electron chi connectivity index (χ4n) is 2.15. The van der Waals surface area contributed by atoms with E-state index >= 15 is 0 Å². The smallest absolute Gasteiger partial charge is 0.448 e. The predicted molar refractivity (Wildman–Crippen MR) is 81.2 cm³/mol. The Morgan fingerprint density at radius 3 is 2.26 bits per heavy atom. The van der Waals surface area contributed by atoms with E-state index in [1.165, 1.54) is 24.3 Å². The molecule has 0 spiro atoms. The Morgan fingerprint density at radius 1 is 1.09 bits per heavy atom. The highest BCUT2D eigenvalue weighted by molar-refractivity contribution is 7.50. The normalized spacial score (nSPS) is 20.1. The zero-order valence-corrected chi connectivity index (χ0v) is 12.6. The van der Waals surface area contributed by atoms with Gasteiger partial charge in [0.15, 0.2) is 5.78 Å². The van der Waals surface area contributed by atoms with Crippen LogP contribution in [0.15, 0.2) is 52.7 Å². The van der Waals surface area contributed by atoms with Gasteiger partial charge < -0.3 is 25.1 Å². The first-order valence-electron chi connectivity index (χ1n) is 6.43. The average molecular weight is 339 g/mol. The summed E-state index contributed by atoms with van der Waals surface area (Å²) in [7, 11) is -4.84. The van der Waals surface area contributed by atoms with E-state index in [9.17, 15) is 24.7 Å². The molecule has 0 saturated carbocycles. The number of allylic oxidation sites excluding steroid dienone is 3. The fourth-order valence-corrected chi connectivity index (χ4v) is 2.62. The molecule has 0 radical (unpaired) electrons. The minimum atomic E-state index is -4.84. The molecule has 8 nitrogen and oxygen atoms in total. The van der Waals surface area contributed by atoms with E-state index in [2.05, 4.69) is 4.76 Å². The molecule has 0 amide bonds. The molecule has 0 bridgehead atoms. The molecule has 0 fully saturated rings. The lowest BCUT2D eigenvalue weighted by Crippen LogP contribution is -2.29. The van der Waals surface area contributed by atoms with Crippen LogP contribution in [0, 0.1) is 5.92 Å². The highest BCUT2D eigenvalue weighted by Crippen LogP contribution is 2.38. The maximum atomic E-state index is 12.4. The molecule has 0 saturated heterocycles. The Kier molecular flexibility index (Phi) is 4.70. The van der Waals surface area contributed by atoms with Gasteiger partial charge in [-0.3, -0.25) is 4.79 Å². The number of ketones is 1. The van der Waals surface area contributed by atoms with E-state index in [1.54, 1.807) is 0 Å². The van der Waals surface area contributed by atoms with Crippen LogP contribution in [-0.2, 0) is 15.8 Å². The van der Waals surface area contributed by atoms with E-state index in [0.29, 0.717) is 5.56 Å². The molecule has 1 aromatic rings. The summed E-state index contributed by atoms with van der Waals surface area (Å²) in [6.07, 6.45) is 1.67. The molecule has 2 rings (SSSR count). The number of phenolic OH excluding ortho intramolecular Hbond substituents is 1. The predicted octanol–water partition coefficient (Wildman–Crippen LogP) is 1.55. The monoisotopic (exact) mass is 339 g/mol. The number of aliphatic hydroxyl groups excluding tert-OH is 2. The number of aliphatic hydroxyl groups is 2. The van der Waals surface area contributed by atoms with Crippen LogP contribution >= 0.6 is 7.75 Å². The van der Waals surface area contributed by atoms with Crippen molar-refractivity contribution in [2.24, 2.45) is 10.7 Å². The van der Waals surface area contributed by atoms with Crippen molar-refractivity contribution in [1.82, 2.24) is 0 Å². The molecule has 9 heteroatoms. The standard InChI is InChI=1S/C14H14NO7P/c16-9-3-1-8(2-4-9)5-12(18)14-11(15-23(20,21)22)6-10(17)7-13(14)19/h1-4,6-7,14,16-17,19H,5H2,(H2,20,21,22)/b15-11+. The van der Waals surface area contributed by atoms with Crippen molar-refractivity contribution in [2.45, 2.75) is 6.42 Å². The van der Waals surface area contributed by atoms with Gasteiger partial charge in [0, 0.05) is 18.6 Å². The van der Waals surface area contributed by atoms with Gasteiger partial charge in [0.2, 0.25) is 0 Å². The molecule has 0 aliphatic heterocycles. The number of hydrogen-bond donors (Lipinski definition) is 5. The zero-order chi connectivity index (χ0) is 17.2. The number of carbonyl (C=O) groups is 1. The van der Waals surface area contributed by atoms with Crippen LogP contribution < -0.4 is 0 Å². The average Bonchev–Trinajstić information content (AvgIpc) is 2.38. The number of phenols is 1. The first-order valence-corrected chi connectivity index (χ1v) is 8.00. The van der Waals surface area contributed by atoms with Gasteiger partial charge in [-0.1, -0.05) is 12.1 Å². The highest BCUT2D eigenvalue weighted by atomic mass is 31.2. The first kappa shape index (κ1) is 17.0. The van der Waals surface area contributed by atoms with Crippen LogP contribution in [0.3, 0.4) is 0 Å². The molecular weight excluding hydrogens is 325 g/mol. The summed E-state index contributed by atoms with van der Waals surface area (Å²) in [4.78, 5) is 30.2. The van der Waals surface area contributed by atoms with E-state index in [1.807, 2.05) is 0 Å². The van der Waals surface area contributed by atoms with Crippen molar-refractivity contribution in [2.75, 3.05) is 0 Å². The Hall–Kier alpha value is -2.41. The van der Waals surface area contributed by atoms with Crippen molar-refractivity contribution in [1.29, 1.82) is 0 Å². The molecule has 0 heterocycles. The van der Waals surface area contributed by atoms with Gasteiger partial charge in [-0.15, -0.1) is 0 Å². The second-order valence-corrected chi connectivity index (χ2v) is 6.15. The third-order valence-corrected chi connectivity index (χ3v) is 3.56. The summed E-state index contributed by atoms with van der Waals surface area (Å²) in [6, 6.07) is 5.78. The highest BCUT2D eigenvalue weighted by Gasteiger charge is 2.32. The number of hydrogen-bond acceptors (Lipinski definition) is 5. The van der Waals surface area contributed by atoms with Crippen LogP contribution in [0.2, 0.25) is 0 Å². The van der Waals surface area contributed by atoms with Crippen LogP contribution in [0.5, 0.6) is 5.75 Å². The second kappa shape index (κ2) is 6.37. The minimum absolute atomic E-state index is 0.0261. The summed E-state index contributed by atoms with van der Waals surface area (Å²) in [5.41, 5.74) is 0.120. The van der Waals surface area contributed by atoms with Gasteiger partial charge in [-0.2, -0.15) is 4.76 Å². The summed E-state index contributed by atoms with van der Waals surface area (Å²) in [5, 5.41) is 28.5. The maximum Gasteiger partial charge on any atom is 0.448 e. The lowest BCUT2D eigenvalue weighted by atomic mass is 9.88. The van der Waals surface area contributed by atoms with Crippen LogP contribution in [0.4, 0.5) is 0 Å². The molecule has 1 aliphatic carbocycles. The van der Waals surface area contributed by atoms with Gasteiger partial charge in [-0.05, 0) is 17.7 Å². The third-order valence-electron chi connectivity index (χ3n) is 3.07. The summed E-state index contributed by atoms with van der Waals surface area (Å²) >= 11 is 0. The van der Waals surface area contributed by atoms with Gasteiger partial charge >= 0.3 is 7.75 Å². The fraction of sp³-hybridized carbons (Fsp3) is 0.143. The third kappa shape index (κ3) is 4.53. The second-order valence-electron chi connectivity index (χ2n) is 4.92. The van der Waals surface area contributed by atoms with Crippen molar-refractivity contribution in [3.8, 4) is 5.75 Å². The van der Waals surface area contributed by atoms with Crippen LogP contribution in [-0.4, -0.2) is 36.6 Å². The first-order chi connectivity index (χ1) is 10.7. The van der Waals surface area contributed by atoms with E-state index in [4.69, 9.17) is 9.79 Å². The maximum absolute atomic E-state index is 12.4. The van der Waals surface area contributed by atoms with Crippen LogP contribution in [0.1, 0.15) is 5.56 Å². The molecule has 23 heavy (non-hydrogen) atoms. The van der Waals surface area contributed by atoms with Crippen molar-refractivity contribution < 1.29 is 34.5 Å². The molecule has 5 N–H and O–H groups in total. The van der Waals surface area contributed by atoms with Crippen molar-refractivity contribution >= 4 is 19.2 Å². The SMILES string of the molecule is O=C(Cc1ccc(O)cc1)C1C(O)=CC(O)=C/C1=N\P(=O)(O)O. The van der Waals surface area contributed by atoms with Gasteiger partial charge in [0.25, 0.3) is 0 Å². The Labute approximate surface area is 131 Å². The number of aromatic hydroxyl groups is 1. The number of rotatable bonds is 4. The zero-order valence-electron chi connectivity index (χ0n) is 11.7. The van der Waals surface area contributed by atoms with Gasteiger partial charge in [0.05, 0.1) is 5.71 Å². The molecule has 1 unspecified atom stereocenters. The van der Waals surface area contributed by atoms with Crippen molar-refractivity contribution in [3.05, 3.63) is 53.5 Å². The Bertz CT molecular complexity index is 758. The number of carbonyl (C=O) groups excluding carboxylic acids is 1. The lowest BCUT2D eigenvalue weighted by molar-refractivity contribution is -0.120. The number of Topliss-reactive ketones (excluding diaryl/α,β-unsaturated/α-hetero) is 1. The largest absolute Gasteiger partial charge is 0.511 e. The van der Waals surface area contributed by atoms with Gasteiger partial charge in [-0.25, -0.2) is 4.57 Å². The van der Waals surface area contributed by atoms with Gasteiger partial charge in [0.1, 0.15) is 23.2 Å². The molecular formula is C14H14NO7P. The van der Waals surface area contributed by atoms with E-state index in [-0.39, 0.29) is 12.2 Å².